The molecule has 32 heavy (non-hydrogen) atoms. The third kappa shape index (κ3) is 22.1. The molecule has 0 rings (SSSR count). The van der Waals surface area contributed by atoms with Crippen molar-refractivity contribution in [2.45, 2.75) is 148 Å². The Kier molecular flexibility index (Phi) is 23.7. The first kappa shape index (κ1) is 30.9. The van der Waals surface area contributed by atoms with E-state index in [9.17, 15) is 14.7 Å². The summed E-state index contributed by atoms with van der Waals surface area (Å²) in [5, 5.41) is 9.34. The first-order chi connectivity index (χ1) is 15.6. The zero-order valence-electron chi connectivity index (χ0n) is 21.2. The SMILES string of the molecule is CCCCCCCCCCCCCCCCCC(=O)OC(CO)COC(=O)CCCCC. The summed E-state index contributed by atoms with van der Waals surface area (Å²) in [6.45, 7) is 3.95. The van der Waals surface area contributed by atoms with Gasteiger partial charge in [0.2, 0.25) is 0 Å². The zero-order chi connectivity index (χ0) is 23.7. The molecule has 0 aliphatic carbocycles. The minimum atomic E-state index is -0.756. The van der Waals surface area contributed by atoms with Crippen molar-refractivity contribution in [3.63, 3.8) is 0 Å². The molecular formula is C27H52O5. The predicted molar refractivity (Wildman–Crippen MR) is 132 cm³/mol. The first-order valence-electron chi connectivity index (χ1n) is 13.6. The highest BCUT2D eigenvalue weighted by atomic mass is 16.6. The van der Waals surface area contributed by atoms with E-state index in [4.69, 9.17) is 9.47 Å². The van der Waals surface area contributed by atoms with Crippen molar-refractivity contribution >= 4 is 11.9 Å². The number of rotatable bonds is 24. The monoisotopic (exact) mass is 456 g/mol. The van der Waals surface area contributed by atoms with Gasteiger partial charge in [-0.25, -0.2) is 0 Å². The Hall–Kier alpha value is -1.10. The number of ether oxygens (including phenoxy) is 2. The smallest absolute Gasteiger partial charge is 0.306 e. The molecule has 1 N–H and O–H groups in total. The molecule has 0 aromatic carbocycles. The van der Waals surface area contributed by atoms with Gasteiger partial charge in [0.25, 0.3) is 0 Å². The van der Waals surface area contributed by atoms with E-state index in [1.165, 1.54) is 77.0 Å². The van der Waals surface area contributed by atoms with E-state index in [0.29, 0.717) is 12.8 Å². The van der Waals surface area contributed by atoms with E-state index in [-0.39, 0.29) is 25.2 Å². The van der Waals surface area contributed by atoms with E-state index in [1.807, 2.05) is 0 Å². The fourth-order valence-corrected chi connectivity index (χ4v) is 3.79. The molecule has 0 spiro atoms. The summed E-state index contributed by atoms with van der Waals surface area (Å²) in [5.41, 5.74) is 0. The molecule has 0 aliphatic heterocycles. The average Bonchev–Trinajstić information content (AvgIpc) is 2.79. The van der Waals surface area contributed by atoms with E-state index < -0.39 is 6.10 Å². The van der Waals surface area contributed by atoms with Crippen LogP contribution in [-0.4, -0.2) is 36.4 Å². The Morgan fingerprint density at radius 1 is 0.594 bits per heavy atom. The van der Waals surface area contributed by atoms with Gasteiger partial charge in [-0.2, -0.15) is 0 Å². The molecule has 0 fully saturated rings. The van der Waals surface area contributed by atoms with Gasteiger partial charge in [0.1, 0.15) is 6.61 Å². The summed E-state index contributed by atoms with van der Waals surface area (Å²) in [6, 6.07) is 0. The Bertz CT molecular complexity index is 424. The van der Waals surface area contributed by atoms with E-state index in [1.54, 1.807) is 0 Å². The second-order valence-corrected chi connectivity index (χ2v) is 9.13. The topological polar surface area (TPSA) is 72.8 Å². The zero-order valence-corrected chi connectivity index (χ0v) is 21.2. The lowest BCUT2D eigenvalue weighted by Gasteiger charge is -2.15. The van der Waals surface area contributed by atoms with Crippen molar-refractivity contribution in [2.24, 2.45) is 0 Å². The molecule has 0 aliphatic rings. The van der Waals surface area contributed by atoms with Gasteiger partial charge in [0.05, 0.1) is 6.61 Å². The Balaban J connectivity index is 3.48. The maximum atomic E-state index is 11.9. The van der Waals surface area contributed by atoms with Crippen LogP contribution in [0.25, 0.3) is 0 Å². The van der Waals surface area contributed by atoms with E-state index >= 15 is 0 Å². The largest absolute Gasteiger partial charge is 0.462 e. The Labute approximate surface area is 198 Å². The molecular weight excluding hydrogens is 404 g/mol. The number of carbonyl (C=O) groups excluding carboxylic acids is 2. The van der Waals surface area contributed by atoms with E-state index in [2.05, 4.69) is 13.8 Å². The van der Waals surface area contributed by atoms with Crippen molar-refractivity contribution in [3.05, 3.63) is 0 Å². The highest BCUT2D eigenvalue weighted by Gasteiger charge is 2.15. The minimum Gasteiger partial charge on any atom is -0.462 e. The molecule has 1 atom stereocenters. The van der Waals surface area contributed by atoms with Crippen LogP contribution in [0, 0.1) is 0 Å². The lowest BCUT2D eigenvalue weighted by atomic mass is 10.0. The Morgan fingerprint density at radius 2 is 0.969 bits per heavy atom. The van der Waals surface area contributed by atoms with Gasteiger partial charge in [-0.1, -0.05) is 117 Å². The third-order valence-corrected chi connectivity index (χ3v) is 5.90. The van der Waals surface area contributed by atoms with Gasteiger partial charge in [-0.15, -0.1) is 0 Å². The molecule has 5 nitrogen and oxygen atoms in total. The van der Waals surface area contributed by atoms with Crippen LogP contribution in [0.5, 0.6) is 0 Å². The van der Waals surface area contributed by atoms with Crippen molar-refractivity contribution in [3.8, 4) is 0 Å². The molecule has 1 unspecified atom stereocenters. The van der Waals surface area contributed by atoms with Crippen LogP contribution in [0.2, 0.25) is 0 Å². The van der Waals surface area contributed by atoms with Crippen LogP contribution >= 0.6 is 0 Å². The lowest BCUT2D eigenvalue weighted by Crippen LogP contribution is -2.28. The van der Waals surface area contributed by atoms with Crippen molar-refractivity contribution in [2.75, 3.05) is 13.2 Å². The molecule has 0 aromatic heterocycles. The summed E-state index contributed by atoms with van der Waals surface area (Å²) in [4.78, 5) is 23.5. The van der Waals surface area contributed by atoms with Crippen LogP contribution in [0.1, 0.15) is 142 Å². The van der Waals surface area contributed by atoms with Gasteiger partial charge >= 0.3 is 11.9 Å². The lowest BCUT2D eigenvalue weighted by molar-refractivity contribution is -0.161. The maximum Gasteiger partial charge on any atom is 0.306 e. The number of esters is 2. The third-order valence-electron chi connectivity index (χ3n) is 5.90. The molecule has 0 bridgehead atoms. The highest BCUT2D eigenvalue weighted by molar-refractivity contribution is 5.70. The molecule has 0 saturated carbocycles. The standard InChI is InChI=1S/C27H52O5/c1-3-5-7-8-9-10-11-12-13-14-15-16-17-18-20-22-27(30)32-25(23-28)24-31-26(29)21-19-6-4-2/h25,28H,3-24H2,1-2H3. The first-order valence-corrected chi connectivity index (χ1v) is 13.6. The fourth-order valence-electron chi connectivity index (χ4n) is 3.79. The summed E-state index contributed by atoms with van der Waals surface area (Å²) in [7, 11) is 0. The predicted octanol–water partition coefficient (Wildman–Crippen LogP) is 7.28. The van der Waals surface area contributed by atoms with Crippen LogP contribution in [-0.2, 0) is 19.1 Å². The Morgan fingerprint density at radius 3 is 1.44 bits per heavy atom. The van der Waals surface area contributed by atoms with Crippen molar-refractivity contribution < 1.29 is 24.2 Å². The van der Waals surface area contributed by atoms with Gasteiger partial charge in [0, 0.05) is 12.8 Å². The number of hydrogen-bond donors (Lipinski definition) is 1. The number of aliphatic hydroxyl groups is 1. The summed E-state index contributed by atoms with van der Waals surface area (Å²) < 4.78 is 10.3. The van der Waals surface area contributed by atoms with Crippen LogP contribution in [0.3, 0.4) is 0 Å². The van der Waals surface area contributed by atoms with Crippen LogP contribution in [0.15, 0.2) is 0 Å². The quantitative estimate of drug-likeness (QED) is 0.122. The molecule has 5 heteroatoms. The van der Waals surface area contributed by atoms with Gasteiger partial charge < -0.3 is 14.6 Å². The number of unbranched alkanes of at least 4 members (excludes halogenated alkanes) is 16. The molecule has 0 heterocycles. The molecule has 0 radical (unpaired) electrons. The average molecular weight is 457 g/mol. The normalized spacial score (nSPS) is 12.0. The number of hydrogen-bond acceptors (Lipinski definition) is 5. The second kappa shape index (κ2) is 24.5. The number of carbonyl (C=O) groups is 2. The van der Waals surface area contributed by atoms with Gasteiger partial charge in [0.15, 0.2) is 6.10 Å². The van der Waals surface area contributed by atoms with Crippen molar-refractivity contribution in [1.29, 1.82) is 0 Å². The molecule has 0 amide bonds. The summed E-state index contributed by atoms with van der Waals surface area (Å²) in [6.07, 6.45) is 22.1. The van der Waals surface area contributed by atoms with Crippen LogP contribution in [0.4, 0.5) is 0 Å². The highest BCUT2D eigenvalue weighted by Crippen LogP contribution is 2.14. The minimum absolute atomic E-state index is 0.0634. The van der Waals surface area contributed by atoms with Crippen molar-refractivity contribution in [1.82, 2.24) is 0 Å². The maximum absolute atomic E-state index is 11.9. The summed E-state index contributed by atoms with van der Waals surface area (Å²) in [5.74, 6) is -0.615. The number of aliphatic hydroxyl groups excluding tert-OH is 1. The molecule has 0 aromatic rings. The van der Waals surface area contributed by atoms with Crippen LogP contribution < -0.4 is 0 Å². The fraction of sp³-hybridized carbons (Fsp3) is 0.926. The van der Waals surface area contributed by atoms with Gasteiger partial charge in [-0.05, 0) is 12.8 Å². The van der Waals surface area contributed by atoms with Gasteiger partial charge in [-0.3, -0.25) is 9.59 Å². The van der Waals surface area contributed by atoms with E-state index in [0.717, 1.165) is 38.5 Å². The molecule has 0 saturated heterocycles. The summed E-state index contributed by atoms with van der Waals surface area (Å²) >= 11 is 0. The molecule has 190 valence electrons. The second-order valence-electron chi connectivity index (χ2n) is 9.13.